The molecule has 10 heavy (non-hydrogen) atoms. The van der Waals surface area contributed by atoms with Crippen LogP contribution in [0, 0.1) is 5.41 Å². The molecule has 1 aliphatic heterocycles. The first-order valence-electron chi connectivity index (χ1n) is 3.28. The van der Waals surface area contributed by atoms with Crippen molar-refractivity contribution in [3.8, 4) is 0 Å². The molecule has 0 bridgehead atoms. The van der Waals surface area contributed by atoms with Crippen molar-refractivity contribution in [2.24, 2.45) is 5.41 Å². The molecule has 1 aliphatic rings. The van der Waals surface area contributed by atoms with E-state index in [9.17, 15) is 8.42 Å². The van der Waals surface area contributed by atoms with Crippen molar-refractivity contribution >= 4 is 10.1 Å². The lowest BCUT2D eigenvalue weighted by Crippen LogP contribution is -2.32. The van der Waals surface area contributed by atoms with E-state index in [4.69, 9.17) is 0 Å². The normalized spacial score (nSPS) is 29.8. The first kappa shape index (κ1) is 8.01. The summed E-state index contributed by atoms with van der Waals surface area (Å²) in [4.78, 5) is 0. The number of hydrogen-bond acceptors (Lipinski definition) is 3. The van der Waals surface area contributed by atoms with Crippen LogP contribution in [0.2, 0.25) is 0 Å². The van der Waals surface area contributed by atoms with E-state index < -0.39 is 10.1 Å². The zero-order valence-electron chi connectivity index (χ0n) is 6.25. The van der Waals surface area contributed by atoms with E-state index in [0.29, 0.717) is 6.61 Å². The maximum absolute atomic E-state index is 10.8. The summed E-state index contributed by atoms with van der Waals surface area (Å²) in [5.74, 6) is 0.153. The number of rotatable bonds is 0. The molecule has 0 aromatic carbocycles. The average molecular weight is 164 g/mol. The molecule has 1 rings (SSSR count). The van der Waals surface area contributed by atoms with Gasteiger partial charge >= 0.3 is 0 Å². The molecule has 0 aromatic heterocycles. The monoisotopic (exact) mass is 164 g/mol. The fourth-order valence-corrected chi connectivity index (χ4v) is 2.56. The van der Waals surface area contributed by atoms with Gasteiger partial charge in [-0.3, -0.25) is 4.18 Å². The van der Waals surface area contributed by atoms with E-state index >= 15 is 0 Å². The molecule has 3 nitrogen and oxygen atoms in total. The molecule has 0 radical (unpaired) electrons. The fraction of sp³-hybridized carbons (Fsp3) is 1.00. The second-order valence-electron chi connectivity index (χ2n) is 3.44. The highest BCUT2D eigenvalue weighted by Gasteiger charge is 2.31. The summed E-state index contributed by atoms with van der Waals surface area (Å²) in [5, 5.41) is 0. The third kappa shape index (κ3) is 1.95. The van der Waals surface area contributed by atoms with Gasteiger partial charge in [-0.1, -0.05) is 13.8 Å². The summed E-state index contributed by atoms with van der Waals surface area (Å²) >= 11 is 0. The fourth-order valence-electron chi connectivity index (χ4n) is 1.04. The Bertz CT molecular complexity index is 215. The van der Waals surface area contributed by atoms with Gasteiger partial charge in [0.25, 0.3) is 10.1 Å². The van der Waals surface area contributed by atoms with Crippen molar-refractivity contribution < 1.29 is 12.6 Å². The van der Waals surface area contributed by atoms with Crippen molar-refractivity contribution in [3.05, 3.63) is 0 Å². The molecule has 4 heteroatoms. The van der Waals surface area contributed by atoms with E-state index in [1.165, 1.54) is 0 Å². The Balaban J connectivity index is 2.75. The van der Waals surface area contributed by atoms with Crippen LogP contribution in [0.5, 0.6) is 0 Å². The molecule has 1 saturated heterocycles. The van der Waals surface area contributed by atoms with Crippen molar-refractivity contribution in [1.82, 2.24) is 0 Å². The lowest BCUT2D eigenvalue weighted by Gasteiger charge is -2.28. The first-order valence-corrected chi connectivity index (χ1v) is 4.86. The Labute approximate surface area is 61.5 Å². The van der Waals surface area contributed by atoms with Crippen LogP contribution in [0.4, 0.5) is 0 Å². The zero-order chi connectivity index (χ0) is 7.83. The smallest absolute Gasteiger partial charge is 0.267 e. The van der Waals surface area contributed by atoms with Gasteiger partial charge in [-0.25, -0.2) is 0 Å². The maximum Gasteiger partial charge on any atom is 0.267 e. The highest BCUT2D eigenvalue weighted by Crippen LogP contribution is 2.27. The number of hydrogen-bond donors (Lipinski definition) is 0. The molecule has 0 N–H and O–H groups in total. The van der Waals surface area contributed by atoms with Crippen LogP contribution in [0.25, 0.3) is 0 Å². The maximum atomic E-state index is 10.8. The predicted molar refractivity (Wildman–Crippen MR) is 38.1 cm³/mol. The molecule has 60 valence electrons. The van der Waals surface area contributed by atoms with Gasteiger partial charge in [0.05, 0.1) is 12.4 Å². The van der Waals surface area contributed by atoms with E-state index in [1.54, 1.807) is 0 Å². The predicted octanol–water partition coefficient (Wildman–Crippen LogP) is 0.763. The van der Waals surface area contributed by atoms with Gasteiger partial charge in [0.2, 0.25) is 0 Å². The van der Waals surface area contributed by atoms with Crippen molar-refractivity contribution in [3.63, 3.8) is 0 Å². The summed E-state index contributed by atoms with van der Waals surface area (Å²) in [7, 11) is -3.19. The largest absolute Gasteiger partial charge is 0.270 e. The van der Waals surface area contributed by atoms with Gasteiger partial charge in [0, 0.05) is 0 Å². The highest BCUT2D eigenvalue weighted by atomic mass is 32.2. The lowest BCUT2D eigenvalue weighted by molar-refractivity contribution is 0.211. The molecule has 0 aromatic rings. The molecule has 1 heterocycles. The second-order valence-corrected chi connectivity index (χ2v) is 5.08. The molecule has 0 aliphatic carbocycles. The van der Waals surface area contributed by atoms with Crippen LogP contribution >= 0.6 is 0 Å². The summed E-state index contributed by atoms with van der Waals surface area (Å²) in [6, 6.07) is 0. The topological polar surface area (TPSA) is 43.4 Å². The van der Waals surface area contributed by atoms with Crippen LogP contribution in [0.15, 0.2) is 0 Å². The van der Waals surface area contributed by atoms with Gasteiger partial charge < -0.3 is 0 Å². The van der Waals surface area contributed by atoms with E-state index in [0.717, 1.165) is 6.42 Å². The summed E-state index contributed by atoms with van der Waals surface area (Å²) in [6.07, 6.45) is 0.826. The SMILES string of the molecule is CC1(C)CCOS(=O)(=O)C1. The standard InChI is InChI=1S/C6H12O3S/c1-6(2)3-4-9-10(7,8)5-6/h3-5H2,1-2H3. The minimum Gasteiger partial charge on any atom is -0.270 e. The lowest BCUT2D eigenvalue weighted by atomic mass is 9.92. The van der Waals surface area contributed by atoms with Crippen molar-refractivity contribution in [1.29, 1.82) is 0 Å². The van der Waals surface area contributed by atoms with Gasteiger partial charge in [0.15, 0.2) is 0 Å². The van der Waals surface area contributed by atoms with Crippen LogP contribution in [-0.2, 0) is 14.3 Å². The Morgan fingerprint density at radius 1 is 1.40 bits per heavy atom. The van der Waals surface area contributed by atoms with E-state index in [1.807, 2.05) is 13.8 Å². The first-order chi connectivity index (χ1) is 4.41. The van der Waals surface area contributed by atoms with Crippen molar-refractivity contribution in [2.45, 2.75) is 20.3 Å². The molecular formula is C6H12O3S. The van der Waals surface area contributed by atoms with Crippen LogP contribution in [0.3, 0.4) is 0 Å². The van der Waals surface area contributed by atoms with Gasteiger partial charge in [0.1, 0.15) is 0 Å². The van der Waals surface area contributed by atoms with Gasteiger partial charge in [-0.2, -0.15) is 8.42 Å². The summed E-state index contributed by atoms with van der Waals surface area (Å²) in [6.45, 7) is 4.22. The highest BCUT2D eigenvalue weighted by molar-refractivity contribution is 7.86. The molecule has 1 fully saturated rings. The van der Waals surface area contributed by atoms with Crippen molar-refractivity contribution in [2.75, 3.05) is 12.4 Å². The minimum absolute atomic E-state index is 0.100. The molecule has 0 spiro atoms. The zero-order valence-corrected chi connectivity index (χ0v) is 7.07. The summed E-state index contributed by atoms with van der Waals surface area (Å²) < 4.78 is 26.3. The molecule has 0 unspecified atom stereocenters. The Hall–Kier alpha value is -0.0900. The van der Waals surface area contributed by atoms with Crippen LogP contribution in [0.1, 0.15) is 20.3 Å². The molecule has 0 atom stereocenters. The molecule has 0 saturated carbocycles. The second kappa shape index (κ2) is 2.20. The van der Waals surface area contributed by atoms with E-state index in [-0.39, 0.29) is 11.2 Å². The van der Waals surface area contributed by atoms with Gasteiger partial charge in [-0.15, -0.1) is 0 Å². The Kier molecular flexibility index (Phi) is 1.76. The third-order valence-electron chi connectivity index (χ3n) is 1.61. The quantitative estimate of drug-likeness (QED) is 0.496. The summed E-state index contributed by atoms with van der Waals surface area (Å²) in [5.41, 5.74) is -0.100. The van der Waals surface area contributed by atoms with Crippen LogP contribution < -0.4 is 0 Å². The minimum atomic E-state index is -3.19. The Morgan fingerprint density at radius 3 is 2.30 bits per heavy atom. The van der Waals surface area contributed by atoms with Crippen LogP contribution in [-0.4, -0.2) is 20.8 Å². The average Bonchev–Trinajstić information content (AvgIpc) is 1.56. The van der Waals surface area contributed by atoms with Gasteiger partial charge in [-0.05, 0) is 11.8 Å². The molecular weight excluding hydrogens is 152 g/mol. The molecule has 0 amide bonds. The van der Waals surface area contributed by atoms with E-state index in [2.05, 4.69) is 4.18 Å². The third-order valence-corrected chi connectivity index (χ3v) is 3.27. The Morgan fingerprint density at radius 2 is 2.00 bits per heavy atom.